The summed E-state index contributed by atoms with van der Waals surface area (Å²) in [7, 11) is -3.49. The van der Waals surface area contributed by atoms with E-state index in [1.54, 1.807) is 0 Å². The molecule has 10 heteroatoms. The number of guanidine groups is 1. The standard InChI is InChI=1S/C15H24BrN5O2S.HI/c1-2-18-15(19-8-10-24(17,22)23)20-13-7-9-21(11-13)14-5-3-12(16)4-6-14;/h3-6,13H,2,7-11H2,1H3,(H2,17,22,23)(H2,18,19,20);1H. The summed E-state index contributed by atoms with van der Waals surface area (Å²) in [6, 6.07) is 8.53. The normalized spacial score (nSPS) is 18.0. The monoisotopic (exact) mass is 545 g/mol. The van der Waals surface area contributed by atoms with Crippen LogP contribution in [0.3, 0.4) is 0 Å². The van der Waals surface area contributed by atoms with Gasteiger partial charge in [0, 0.05) is 35.8 Å². The number of nitrogens with two attached hydrogens (primary N) is 1. The van der Waals surface area contributed by atoms with Crippen LogP contribution in [0.2, 0.25) is 0 Å². The molecule has 1 aliphatic rings. The van der Waals surface area contributed by atoms with Gasteiger partial charge in [-0.2, -0.15) is 0 Å². The van der Waals surface area contributed by atoms with Crippen LogP contribution < -0.4 is 20.7 Å². The van der Waals surface area contributed by atoms with Crippen molar-refractivity contribution in [3.05, 3.63) is 28.7 Å². The Morgan fingerprint density at radius 1 is 1.40 bits per heavy atom. The number of nitrogens with zero attached hydrogens (tertiary/aromatic N) is 2. The van der Waals surface area contributed by atoms with Crippen molar-refractivity contribution in [2.75, 3.05) is 36.8 Å². The number of anilines is 1. The van der Waals surface area contributed by atoms with E-state index < -0.39 is 10.0 Å². The number of halogens is 2. The highest BCUT2D eigenvalue weighted by molar-refractivity contribution is 14.0. The van der Waals surface area contributed by atoms with E-state index in [9.17, 15) is 8.42 Å². The van der Waals surface area contributed by atoms with Gasteiger partial charge in [0.15, 0.2) is 5.96 Å². The van der Waals surface area contributed by atoms with Gasteiger partial charge >= 0.3 is 0 Å². The minimum Gasteiger partial charge on any atom is -0.369 e. The molecule has 7 nitrogen and oxygen atoms in total. The first-order valence-electron chi connectivity index (χ1n) is 7.93. The summed E-state index contributed by atoms with van der Waals surface area (Å²) < 4.78 is 23.1. The van der Waals surface area contributed by atoms with Crippen molar-refractivity contribution in [3.63, 3.8) is 0 Å². The number of benzene rings is 1. The van der Waals surface area contributed by atoms with Gasteiger partial charge in [0.2, 0.25) is 10.0 Å². The summed E-state index contributed by atoms with van der Waals surface area (Å²) in [6.45, 7) is 4.68. The summed E-state index contributed by atoms with van der Waals surface area (Å²) in [5.74, 6) is 0.475. The Morgan fingerprint density at radius 3 is 2.68 bits per heavy atom. The summed E-state index contributed by atoms with van der Waals surface area (Å²) >= 11 is 3.45. The molecule has 0 radical (unpaired) electrons. The highest BCUT2D eigenvalue weighted by Gasteiger charge is 2.23. The lowest BCUT2D eigenvalue weighted by atomic mass is 10.3. The Kier molecular flexibility index (Phi) is 9.46. The van der Waals surface area contributed by atoms with Crippen molar-refractivity contribution in [1.82, 2.24) is 10.6 Å². The zero-order valence-corrected chi connectivity index (χ0v) is 18.8. The first-order valence-corrected chi connectivity index (χ1v) is 10.4. The third-order valence-electron chi connectivity index (χ3n) is 3.71. The van der Waals surface area contributed by atoms with Crippen molar-refractivity contribution < 1.29 is 8.42 Å². The molecule has 0 aliphatic carbocycles. The highest BCUT2D eigenvalue weighted by atomic mass is 127. The largest absolute Gasteiger partial charge is 0.369 e. The van der Waals surface area contributed by atoms with Crippen LogP contribution in [0.15, 0.2) is 33.7 Å². The number of nitrogens with one attached hydrogen (secondary N) is 2. The number of rotatable bonds is 6. The highest BCUT2D eigenvalue weighted by Crippen LogP contribution is 2.22. The minimum absolute atomic E-state index is 0. The van der Waals surface area contributed by atoms with Crippen LogP contribution >= 0.6 is 39.9 Å². The molecule has 1 aliphatic heterocycles. The molecular formula is C15H25BrIN5O2S. The molecule has 1 heterocycles. The third kappa shape index (κ3) is 8.09. The summed E-state index contributed by atoms with van der Waals surface area (Å²) in [6.07, 6.45) is 0.996. The first-order chi connectivity index (χ1) is 11.4. The van der Waals surface area contributed by atoms with E-state index in [2.05, 4.69) is 48.6 Å². The fourth-order valence-corrected chi connectivity index (χ4v) is 3.17. The quantitative estimate of drug-likeness (QED) is 0.286. The molecule has 1 saturated heterocycles. The number of primary sulfonamides is 1. The maximum Gasteiger partial charge on any atom is 0.210 e. The Morgan fingerprint density at radius 2 is 2.08 bits per heavy atom. The van der Waals surface area contributed by atoms with Gasteiger partial charge in [0.25, 0.3) is 0 Å². The molecule has 0 amide bonds. The summed E-state index contributed by atoms with van der Waals surface area (Å²) in [5, 5.41) is 11.5. The summed E-state index contributed by atoms with van der Waals surface area (Å²) in [4.78, 5) is 6.60. The number of hydrogen-bond acceptors (Lipinski definition) is 4. The average molecular weight is 546 g/mol. The molecule has 1 fully saturated rings. The molecule has 1 unspecified atom stereocenters. The van der Waals surface area contributed by atoms with Crippen molar-refractivity contribution >= 4 is 61.6 Å². The first kappa shape index (κ1) is 22.5. The molecule has 0 spiro atoms. The third-order valence-corrected chi connectivity index (χ3v) is 4.99. The number of aliphatic imine (C=N–C) groups is 1. The van der Waals surface area contributed by atoms with Gasteiger partial charge in [-0.3, -0.25) is 4.99 Å². The fraction of sp³-hybridized carbons (Fsp3) is 0.533. The summed E-state index contributed by atoms with van der Waals surface area (Å²) in [5.41, 5.74) is 1.19. The molecule has 2 rings (SSSR count). The van der Waals surface area contributed by atoms with Gasteiger partial charge < -0.3 is 15.5 Å². The van der Waals surface area contributed by atoms with Crippen LogP contribution in [0.5, 0.6) is 0 Å². The molecule has 1 aromatic carbocycles. The zero-order chi connectivity index (χ0) is 17.6. The van der Waals surface area contributed by atoms with Crippen LogP contribution in [0.4, 0.5) is 5.69 Å². The van der Waals surface area contributed by atoms with Gasteiger partial charge in [-0.05, 0) is 37.6 Å². The number of sulfonamides is 1. The van der Waals surface area contributed by atoms with Gasteiger partial charge in [0.1, 0.15) is 0 Å². The van der Waals surface area contributed by atoms with Crippen LogP contribution in [0, 0.1) is 0 Å². The van der Waals surface area contributed by atoms with Crippen molar-refractivity contribution in [1.29, 1.82) is 0 Å². The SMILES string of the molecule is CCNC(=NCCS(N)(=O)=O)NC1CCN(c2ccc(Br)cc2)C1.I. The van der Waals surface area contributed by atoms with E-state index in [0.717, 1.165) is 24.0 Å². The van der Waals surface area contributed by atoms with Crippen LogP contribution in [0.1, 0.15) is 13.3 Å². The van der Waals surface area contributed by atoms with E-state index in [4.69, 9.17) is 5.14 Å². The second-order valence-corrected chi connectivity index (χ2v) is 8.33. The molecule has 0 aromatic heterocycles. The minimum atomic E-state index is -3.49. The molecule has 1 atom stereocenters. The average Bonchev–Trinajstić information content (AvgIpc) is 2.95. The lowest BCUT2D eigenvalue weighted by Gasteiger charge is -2.20. The Bertz CT molecular complexity index is 669. The van der Waals surface area contributed by atoms with Crippen LogP contribution in [-0.2, 0) is 10.0 Å². The van der Waals surface area contributed by atoms with E-state index in [0.29, 0.717) is 12.5 Å². The Labute approximate surface area is 175 Å². The predicted molar refractivity (Wildman–Crippen MR) is 117 cm³/mol. The van der Waals surface area contributed by atoms with Gasteiger partial charge in [-0.25, -0.2) is 13.6 Å². The molecule has 4 N–H and O–H groups in total. The second-order valence-electron chi connectivity index (χ2n) is 5.68. The van der Waals surface area contributed by atoms with E-state index in [-0.39, 0.29) is 42.3 Å². The molecule has 1 aromatic rings. The van der Waals surface area contributed by atoms with Gasteiger partial charge in [0.05, 0.1) is 12.3 Å². The number of hydrogen-bond donors (Lipinski definition) is 3. The van der Waals surface area contributed by atoms with E-state index in [1.165, 1.54) is 5.69 Å². The van der Waals surface area contributed by atoms with E-state index in [1.807, 2.05) is 19.1 Å². The van der Waals surface area contributed by atoms with E-state index >= 15 is 0 Å². The zero-order valence-electron chi connectivity index (χ0n) is 14.1. The van der Waals surface area contributed by atoms with Crippen molar-refractivity contribution in [3.8, 4) is 0 Å². The van der Waals surface area contributed by atoms with Crippen molar-refractivity contribution in [2.24, 2.45) is 10.1 Å². The van der Waals surface area contributed by atoms with Crippen LogP contribution in [0.25, 0.3) is 0 Å². The Balaban J connectivity index is 0.00000312. The molecule has 0 bridgehead atoms. The lowest BCUT2D eigenvalue weighted by molar-refractivity contribution is 0.597. The van der Waals surface area contributed by atoms with Gasteiger partial charge in [-0.1, -0.05) is 15.9 Å². The Hall–Kier alpha value is -0.590. The lowest BCUT2D eigenvalue weighted by Crippen LogP contribution is -2.44. The molecule has 25 heavy (non-hydrogen) atoms. The second kappa shape index (κ2) is 10.5. The molecule has 0 saturated carbocycles. The topological polar surface area (TPSA) is 99.8 Å². The maximum atomic E-state index is 11.0. The smallest absolute Gasteiger partial charge is 0.210 e. The van der Waals surface area contributed by atoms with Crippen LogP contribution in [-0.4, -0.2) is 52.4 Å². The van der Waals surface area contributed by atoms with Gasteiger partial charge in [-0.15, -0.1) is 24.0 Å². The fourth-order valence-electron chi connectivity index (χ4n) is 2.56. The maximum absolute atomic E-state index is 11.0. The van der Waals surface area contributed by atoms with Crippen molar-refractivity contribution in [2.45, 2.75) is 19.4 Å². The molecular weight excluding hydrogens is 521 g/mol. The predicted octanol–water partition coefficient (Wildman–Crippen LogP) is 1.49. The molecule has 142 valence electrons.